The standard InChI is InChI=1S/C30H33N5O5/c1-6-39-23-12-8-21(9-13-23)32-28-27(34-29(36)20-16-25(37-4)18-26(17-20)38-5)19(3)31-30(35-28)33-22-10-14-24(15-11-22)40-7-2/h8-18H,6-7H2,1-5H3,(H,34,36)(H2,31,32,33,35). The molecule has 0 aliphatic heterocycles. The molecule has 0 bridgehead atoms. The van der Waals surface area contributed by atoms with Gasteiger partial charge in [0, 0.05) is 23.0 Å². The monoisotopic (exact) mass is 543 g/mol. The van der Waals surface area contributed by atoms with Gasteiger partial charge in [-0.3, -0.25) is 4.79 Å². The molecule has 3 N–H and O–H groups in total. The number of aromatic nitrogens is 2. The first-order valence-electron chi connectivity index (χ1n) is 12.8. The molecule has 40 heavy (non-hydrogen) atoms. The number of aryl methyl sites for hydroxylation is 1. The third kappa shape index (κ3) is 7.10. The van der Waals surface area contributed by atoms with Crippen LogP contribution in [0.1, 0.15) is 29.9 Å². The molecular weight excluding hydrogens is 510 g/mol. The Hall–Kier alpha value is -4.99. The first kappa shape index (κ1) is 28.0. The molecule has 1 aromatic heterocycles. The van der Waals surface area contributed by atoms with Crippen LogP contribution in [0.25, 0.3) is 0 Å². The predicted molar refractivity (Wildman–Crippen MR) is 156 cm³/mol. The molecule has 0 atom stereocenters. The Labute approximate surface area is 233 Å². The zero-order valence-electron chi connectivity index (χ0n) is 23.2. The molecule has 0 aliphatic rings. The van der Waals surface area contributed by atoms with E-state index >= 15 is 0 Å². The number of rotatable bonds is 12. The lowest BCUT2D eigenvalue weighted by Crippen LogP contribution is -2.16. The molecule has 0 radical (unpaired) electrons. The summed E-state index contributed by atoms with van der Waals surface area (Å²) >= 11 is 0. The third-order valence-corrected chi connectivity index (χ3v) is 5.79. The van der Waals surface area contributed by atoms with E-state index in [2.05, 4.69) is 20.9 Å². The summed E-state index contributed by atoms with van der Waals surface area (Å²) in [6.45, 7) is 6.83. The molecule has 0 fully saturated rings. The van der Waals surface area contributed by atoms with Crippen molar-refractivity contribution >= 4 is 34.7 Å². The first-order chi connectivity index (χ1) is 19.4. The van der Waals surface area contributed by atoms with Crippen LogP contribution in [0.4, 0.5) is 28.8 Å². The van der Waals surface area contributed by atoms with Gasteiger partial charge in [-0.1, -0.05) is 0 Å². The molecule has 0 unspecified atom stereocenters. The van der Waals surface area contributed by atoms with E-state index in [9.17, 15) is 4.79 Å². The Balaban J connectivity index is 1.67. The summed E-state index contributed by atoms with van der Waals surface area (Å²) in [5.74, 6) is 2.93. The molecule has 3 aromatic carbocycles. The predicted octanol–water partition coefficient (Wildman–Crippen LogP) is 6.34. The van der Waals surface area contributed by atoms with Gasteiger partial charge in [0.1, 0.15) is 28.7 Å². The van der Waals surface area contributed by atoms with Crippen molar-refractivity contribution in [2.45, 2.75) is 20.8 Å². The highest BCUT2D eigenvalue weighted by Gasteiger charge is 2.18. The summed E-state index contributed by atoms with van der Waals surface area (Å²) < 4.78 is 21.7. The highest BCUT2D eigenvalue weighted by Crippen LogP contribution is 2.31. The lowest BCUT2D eigenvalue weighted by atomic mass is 10.1. The maximum atomic E-state index is 13.3. The minimum atomic E-state index is -0.370. The second kappa shape index (κ2) is 13.2. The van der Waals surface area contributed by atoms with Crippen LogP contribution in [0.3, 0.4) is 0 Å². The highest BCUT2D eigenvalue weighted by atomic mass is 16.5. The Kier molecular flexibility index (Phi) is 9.24. The van der Waals surface area contributed by atoms with Crippen molar-refractivity contribution in [1.29, 1.82) is 0 Å². The third-order valence-electron chi connectivity index (χ3n) is 5.79. The van der Waals surface area contributed by atoms with Crippen LogP contribution in [0.2, 0.25) is 0 Å². The summed E-state index contributed by atoms with van der Waals surface area (Å²) in [5, 5.41) is 9.49. The number of methoxy groups -OCH3 is 2. The molecule has 4 aromatic rings. The molecule has 1 amide bonds. The maximum Gasteiger partial charge on any atom is 0.256 e. The summed E-state index contributed by atoms with van der Waals surface area (Å²) in [5.41, 5.74) is 2.89. The Morgan fingerprint density at radius 3 is 1.75 bits per heavy atom. The van der Waals surface area contributed by atoms with Gasteiger partial charge < -0.3 is 34.9 Å². The van der Waals surface area contributed by atoms with Gasteiger partial charge in [0.25, 0.3) is 5.91 Å². The lowest BCUT2D eigenvalue weighted by Gasteiger charge is -2.17. The molecular formula is C30H33N5O5. The second-order valence-electron chi connectivity index (χ2n) is 8.58. The van der Waals surface area contributed by atoms with E-state index < -0.39 is 0 Å². The van der Waals surface area contributed by atoms with Crippen molar-refractivity contribution < 1.29 is 23.7 Å². The molecule has 208 valence electrons. The van der Waals surface area contributed by atoms with Gasteiger partial charge in [-0.2, -0.15) is 4.98 Å². The average molecular weight is 544 g/mol. The minimum Gasteiger partial charge on any atom is -0.497 e. The number of hydrogen-bond donors (Lipinski definition) is 3. The van der Waals surface area contributed by atoms with Gasteiger partial charge in [0.2, 0.25) is 5.95 Å². The molecule has 1 heterocycles. The summed E-state index contributed by atoms with van der Waals surface area (Å²) in [6, 6.07) is 19.9. The Morgan fingerprint density at radius 1 is 0.725 bits per heavy atom. The van der Waals surface area contributed by atoms with E-state index in [1.807, 2.05) is 62.4 Å². The Bertz CT molecular complexity index is 1420. The van der Waals surface area contributed by atoms with Crippen LogP contribution in [-0.2, 0) is 0 Å². The van der Waals surface area contributed by atoms with Gasteiger partial charge in [-0.25, -0.2) is 4.98 Å². The van der Waals surface area contributed by atoms with Crippen LogP contribution in [0.5, 0.6) is 23.0 Å². The lowest BCUT2D eigenvalue weighted by molar-refractivity contribution is 0.102. The maximum absolute atomic E-state index is 13.3. The van der Waals surface area contributed by atoms with E-state index in [1.54, 1.807) is 25.1 Å². The SMILES string of the molecule is CCOc1ccc(Nc2nc(C)c(NC(=O)c3cc(OC)cc(OC)c3)c(Nc3ccc(OCC)cc3)n2)cc1. The number of nitrogens with zero attached hydrogens (tertiary/aromatic N) is 2. The number of amides is 1. The minimum absolute atomic E-state index is 0.358. The smallest absolute Gasteiger partial charge is 0.256 e. The van der Waals surface area contributed by atoms with Crippen LogP contribution in [0.15, 0.2) is 66.7 Å². The van der Waals surface area contributed by atoms with E-state index in [4.69, 9.17) is 23.9 Å². The van der Waals surface area contributed by atoms with Crippen LogP contribution in [0, 0.1) is 6.92 Å². The quantitative estimate of drug-likeness (QED) is 0.188. The number of carbonyl (C=O) groups excluding carboxylic acids is 1. The van der Waals surface area contributed by atoms with Crippen molar-refractivity contribution in [2.75, 3.05) is 43.4 Å². The van der Waals surface area contributed by atoms with Crippen molar-refractivity contribution in [3.63, 3.8) is 0 Å². The largest absolute Gasteiger partial charge is 0.497 e. The van der Waals surface area contributed by atoms with Gasteiger partial charge in [0.05, 0.1) is 33.1 Å². The zero-order chi connectivity index (χ0) is 28.5. The summed E-state index contributed by atoms with van der Waals surface area (Å²) in [4.78, 5) is 22.6. The molecule has 0 spiro atoms. The van der Waals surface area contributed by atoms with Gasteiger partial charge in [-0.15, -0.1) is 0 Å². The molecule has 10 nitrogen and oxygen atoms in total. The fourth-order valence-electron chi connectivity index (χ4n) is 3.86. The van der Waals surface area contributed by atoms with E-state index in [0.717, 1.165) is 22.9 Å². The van der Waals surface area contributed by atoms with Crippen molar-refractivity contribution in [3.8, 4) is 23.0 Å². The molecule has 4 rings (SSSR count). The summed E-state index contributed by atoms with van der Waals surface area (Å²) in [6.07, 6.45) is 0. The number of carbonyl (C=O) groups is 1. The van der Waals surface area contributed by atoms with Gasteiger partial charge in [-0.05, 0) is 81.4 Å². The second-order valence-corrected chi connectivity index (χ2v) is 8.58. The number of benzene rings is 3. The molecule has 10 heteroatoms. The summed E-state index contributed by atoms with van der Waals surface area (Å²) in [7, 11) is 3.06. The van der Waals surface area contributed by atoms with Crippen molar-refractivity contribution in [3.05, 3.63) is 78.0 Å². The number of ether oxygens (including phenoxy) is 4. The molecule has 0 saturated carbocycles. The van der Waals surface area contributed by atoms with Crippen LogP contribution < -0.4 is 34.9 Å². The van der Waals surface area contributed by atoms with Gasteiger partial charge >= 0.3 is 0 Å². The van der Waals surface area contributed by atoms with E-state index in [0.29, 0.717) is 53.4 Å². The fourth-order valence-corrected chi connectivity index (χ4v) is 3.86. The number of hydrogen-bond acceptors (Lipinski definition) is 9. The number of nitrogens with one attached hydrogen (secondary N) is 3. The zero-order valence-corrected chi connectivity index (χ0v) is 23.2. The topological polar surface area (TPSA) is 116 Å². The van der Waals surface area contributed by atoms with E-state index in [-0.39, 0.29) is 5.91 Å². The molecule has 0 saturated heterocycles. The molecule has 0 aliphatic carbocycles. The highest BCUT2D eigenvalue weighted by molar-refractivity contribution is 6.06. The van der Waals surface area contributed by atoms with Gasteiger partial charge in [0.15, 0.2) is 5.82 Å². The average Bonchev–Trinajstić information content (AvgIpc) is 2.96. The Morgan fingerprint density at radius 2 is 1.25 bits per heavy atom. The van der Waals surface area contributed by atoms with Crippen molar-refractivity contribution in [2.24, 2.45) is 0 Å². The van der Waals surface area contributed by atoms with E-state index in [1.165, 1.54) is 14.2 Å². The number of anilines is 5. The van der Waals surface area contributed by atoms with Crippen LogP contribution >= 0.6 is 0 Å². The normalized spacial score (nSPS) is 10.4. The van der Waals surface area contributed by atoms with Crippen LogP contribution in [-0.4, -0.2) is 43.3 Å². The first-order valence-corrected chi connectivity index (χ1v) is 12.8. The fraction of sp³-hybridized carbons (Fsp3) is 0.233. The van der Waals surface area contributed by atoms with Crippen molar-refractivity contribution in [1.82, 2.24) is 9.97 Å².